The van der Waals surface area contributed by atoms with Gasteiger partial charge in [-0.2, -0.15) is 0 Å². The third-order valence-electron chi connectivity index (χ3n) is 10.2. The van der Waals surface area contributed by atoms with Gasteiger partial charge in [-0.25, -0.2) is 0 Å². The van der Waals surface area contributed by atoms with E-state index in [-0.39, 0.29) is 33.2 Å². The fourth-order valence-electron chi connectivity index (χ4n) is 6.37. The van der Waals surface area contributed by atoms with E-state index in [9.17, 15) is 10.2 Å². The van der Waals surface area contributed by atoms with Crippen LogP contribution in [0.5, 0.6) is 23.0 Å². The summed E-state index contributed by atoms with van der Waals surface area (Å²) in [6.07, 6.45) is 0. The molecule has 0 atom stereocenters. The van der Waals surface area contributed by atoms with E-state index in [1.807, 2.05) is 0 Å². The normalized spacial score (nSPS) is 16.5. The summed E-state index contributed by atoms with van der Waals surface area (Å²) in [6, 6.07) is 17.2. The second kappa shape index (κ2) is 18.4. The Morgan fingerprint density at radius 3 is 0.797 bits per heavy atom. The molecule has 7 nitrogen and oxygen atoms in total. The van der Waals surface area contributed by atoms with Crippen LogP contribution >= 0.6 is 47.0 Å². The fourth-order valence-corrected chi connectivity index (χ4v) is 10.9. The molecule has 0 spiro atoms. The second-order valence-electron chi connectivity index (χ2n) is 19.2. The molecule has 0 saturated heterocycles. The van der Waals surface area contributed by atoms with Gasteiger partial charge in [0.25, 0.3) is 0 Å². The molecule has 6 rings (SSSR count). The molecule has 0 unspecified atom stereocenters. The van der Waals surface area contributed by atoms with E-state index in [0.29, 0.717) is 72.4 Å². The van der Waals surface area contributed by atoms with Crippen molar-refractivity contribution < 1.29 is 33.9 Å². The van der Waals surface area contributed by atoms with E-state index < -0.39 is 0 Å². The van der Waals surface area contributed by atoms with Gasteiger partial charge in [0.05, 0.1) is 78.8 Å². The van der Waals surface area contributed by atoms with Crippen LogP contribution in [-0.4, -0.2) is 63.1 Å². The maximum absolute atomic E-state index is 12.3. The highest BCUT2D eigenvalue weighted by Crippen LogP contribution is 2.56. The molecule has 0 aromatic heterocycles. The van der Waals surface area contributed by atoms with Crippen molar-refractivity contribution in [3.63, 3.8) is 0 Å². The van der Waals surface area contributed by atoms with Crippen molar-refractivity contribution in [3.05, 3.63) is 70.8 Å². The molecular weight excluding hydrogens is 817 g/mol. The smallest absolute Gasteiger partial charge is 0.147 e. The molecule has 0 aliphatic carbocycles. The second-order valence-corrected chi connectivity index (χ2v) is 23.5. The Bertz CT molecular complexity index is 1990. The molecule has 4 aromatic rings. The summed E-state index contributed by atoms with van der Waals surface area (Å²) < 4.78 is 31.3. The number of ether oxygens (including phenoxy) is 5. The van der Waals surface area contributed by atoms with Gasteiger partial charge < -0.3 is 33.9 Å². The summed E-state index contributed by atoms with van der Waals surface area (Å²) in [6.45, 7) is 29.7. The van der Waals surface area contributed by atoms with Crippen molar-refractivity contribution in [2.45, 2.75) is 144 Å². The Morgan fingerprint density at radius 1 is 0.339 bits per heavy atom. The Balaban J connectivity index is 1.71. The molecule has 2 aliphatic rings. The maximum Gasteiger partial charge on any atom is 0.147 e. The van der Waals surface area contributed by atoms with Crippen molar-refractivity contribution in [2.24, 2.45) is 0 Å². The number of hydrogen-bond acceptors (Lipinski definition) is 11. The minimum absolute atomic E-state index is 0.166. The Labute approximate surface area is 369 Å². The third-order valence-corrected chi connectivity index (χ3v) is 14.4. The number of benzene rings is 4. The first-order valence-electron chi connectivity index (χ1n) is 20.4. The molecule has 2 N–H and O–H groups in total. The van der Waals surface area contributed by atoms with Gasteiger partial charge in [0.2, 0.25) is 0 Å². The molecule has 59 heavy (non-hydrogen) atoms. The van der Waals surface area contributed by atoms with Gasteiger partial charge in [0.15, 0.2) is 0 Å². The van der Waals surface area contributed by atoms with Crippen LogP contribution in [0.25, 0.3) is 0 Å². The lowest BCUT2D eigenvalue weighted by atomic mass is 9.87. The minimum atomic E-state index is -0.223. The Hall–Kier alpha value is -2.64. The summed E-state index contributed by atoms with van der Waals surface area (Å²) in [4.78, 5) is 6.41. The molecule has 0 fully saturated rings. The van der Waals surface area contributed by atoms with Crippen LogP contribution in [0.2, 0.25) is 0 Å². The topological polar surface area (TPSA) is 86.6 Å². The van der Waals surface area contributed by atoms with Crippen LogP contribution in [0, 0.1) is 0 Å². The van der Waals surface area contributed by atoms with Gasteiger partial charge >= 0.3 is 0 Å². The largest absolute Gasteiger partial charge is 0.506 e. The van der Waals surface area contributed by atoms with Gasteiger partial charge in [-0.3, -0.25) is 0 Å². The summed E-state index contributed by atoms with van der Waals surface area (Å²) in [5.74, 6) is 1.77. The number of hydrogen-bond donors (Lipinski definition) is 2. The number of aromatic hydroxyl groups is 2. The monoisotopic (exact) mass is 878 g/mol. The quantitative estimate of drug-likeness (QED) is 0.156. The van der Waals surface area contributed by atoms with Gasteiger partial charge in [-0.15, -0.1) is 0 Å². The number of phenolic OH excluding ortho intramolecular Hbond substituents is 2. The highest BCUT2D eigenvalue weighted by molar-refractivity contribution is 8.01. The van der Waals surface area contributed by atoms with Crippen molar-refractivity contribution >= 4 is 47.0 Å². The number of phenols is 2. The van der Waals surface area contributed by atoms with Crippen molar-refractivity contribution in [1.82, 2.24) is 0 Å². The minimum Gasteiger partial charge on any atom is -0.506 e. The van der Waals surface area contributed by atoms with Crippen LogP contribution in [0.3, 0.4) is 0 Å². The van der Waals surface area contributed by atoms with Gasteiger partial charge in [-0.1, -0.05) is 130 Å². The summed E-state index contributed by atoms with van der Waals surface area (Å²) >= 11 is 6.04. The number of rotatable bonds is 0. The zero-order valence-corrected chi connectivity index (χ0v) is 40.1. The molecular formula is C48H62O7S4. The number of fused-ring (bicyclic) bond motifs is 4. The average molecular weight is 879 g/mol. The SMILES string of the molecule is CC(C)(C)c1cc2c(O)c(c1)Sc1cc(C(C)(C)C)cc3c1OCCOCCOCCOCCOc1c(cc(C(C)(C)C)cc1S3)Sc1cc(C(C)(C)C)cc(c1O)S2. The van der Waals surface area contributed by atoms with Crippen LogP contribution in [0.1, 0.15) is 105 Å². The lowest BCUT2D eigenvalue weighted by molar-refractivity contribution is 0.00444. The zero-order valence-electron chi connectivity index (χ0n) is 36.8. The van der Waals surface area contributed by atoms with Gasteiger partial charge in [0, 0.05) is 0 Å². The van der Waals surface area contributed by atoms with E-state index in [4.69, 9.17) is 23.7 Å². The van der Waals surface area contributed by atoms with Crippen molar-refractivity contribution in [2.75, 3.05) is 52.9 Å². The first-order chi connectivity index (χ1) is 27.6. The lowest BCUT2D eigenvalue weighted by Gasteiger charge is -2.27. The Morgan fingerprint density at radius 2 is 0.542 bits per heavy atom. The summed E-state index contributed by atoms with van der Waals surface area (Å²) in [5, 5.41) is 24.5. The fraction of sp³-hybridized carbons (Fsp3) is 0.500. The molecule has 11 heteroatoms. The molecule has 320 valence electrons. The standard InChI is InChI=1S/C48H62O7S4/c1-45(2,3)29-21-33-41(49)35(23-29)57-37-25-31(47(7,8)9)27-39-43(37)54-19-17-52-15-13-51-14-16-53-18-20-55-44-38(26-32(48(10,11)12)28-40(44)59-39)58-36-24-30(46(4,5)6)22-34(56-33)42(36)50/h21-28,49-50H,13-20H2,1-12H3. The first kappa shape index (κ1) is 45.9. The predicted molar refractivity (Wildman–Crippen MR) is 244 cm³/mol. The van der Waals surface area contributed by atoms with E-state index in [2.05, 4.69) is 132 Å². The maximum atomic E-state index is 12.3. The molecule has 10 bridgehead atoms. The van der Waals surface area contributed by atoms with Crippen LogP contribution in [0.4, 0.5) is 0 Å². The molecule has 4 aromatic carbocycles. The van der Waals surface area contributed by atoms with Crippen LogP contribution < -0.4 is 9.47 Å². The van der Waals surface area contributed by atoms with Gasteiger partial charge in [0.1, 0.15) is 36.2 Å². The predicted octanol–water partition coefficient (Wildman–Crippen LogP) is 13.0. The molecule has 0 amide bonds. The van der Waals surface area contributed by atoms with Crippen LogP contribution in [-0.2, 0) is 35.9 Å². The summed E-state index contributed by atoms with van der Waals surface area (Å²) in [5.41, 5.74) is 3.58. The van der Waals surface area contributed by atoms with Gasteiger partial charge in [-0.05, 0) is 92.4 Å². The molecule has 0 saturated carbocycles. The molecule has 2 aliphatic heterocycles. The van der Waals surface area contributed by atoms with E-state index in [1.54, 1.807) is 11.8 Å². The molecule has 2 heterocycles. The van der Waals surface area contributed by atoms with E-state index in [0.717, 1.165) is 53.3 Å². The highest BCUT2D eigenvalue weighted by atomic mass is 32.2. The first-order valence-corrected chi connectivity index (χ1v) is 23.7. The Kier molecular flexibility index (Phi) is 14.3. The molecule has 0 radical (unpaired) electrons. The van der Waals surface area contributed by atoms with Crippen molar-refractivity contribution in [1.29, 1.82) is 0 Å². The zero-order chi connectivity index (χ0) is 42.9. The lowest BCUT2D eigenvalue weighted by Crippen LogP contribution is -2.16. The van der Waals surface area contributed by atoms with E-state index >= 15 is 0 Å². The van der Waals surface area contributed by atoms with Crippen molar-refractivity contribution in [3.8, 4) is 23.0 Å². The third kappa shape index (κ3) is 11.4. The average Bonchev–Trinajstić information content (AvgIpc) is 3.12. The summed E-state index contributed by atoms with van der Waals surface area (Å²) in [7, 11) is 0. The van der Waals surface area contributed by atoms with E-state index in [1.165, 1.54) is 35.3 Å². The van der Waals surface area contributed by atoms with Crippen LogP contribution in [0.15, 0.2) is 87.7 Å². The highest BCUT2D eigenvalue weighted by Gasteiger charge is 2.29.